The molecular formula is C20H24N2O3. The van der Waals surface area contributed by atoms with Crippen molar-refractivity contribution < 1.29 is 14.3 Å². The van der Waals surface area contributed by atoms with Gasteiger partial charge in [0.25, 0.3) is 0 Å². The van der Waals surface area contributed by atoms with E-state index in [1.54, 1.807) is 7.11 Å². The molecule has 0 radical (unpaired) electrons. The lowest BCUT2D eigenvalue weighted by molar-refractivity contribution is -0.126. The Hall–Kier alpha value is -2.82. The van der Waals surface area contributed by atoms with Crippen molar-refractivity contribution in [3.63, 3.8) is 0 Å². The molecule has 0 saturated carbocycles. The summed E-state index contributed by atoms with van der Waals surface area (Å²) in [5.74, 6) is 0.404. The second-order valence-corrected chi connectivity index (χ2v) is 5.74. The van der Waals surface area contributed by atoms with Gasteiger partial charge in [-0.2, -0.15) is 0 Å². The SMILES string of the molecule is CC[C@@H](NC(=O)CNC(=O)Cc1ccccc1)c1ccc(OC)cc1. The lowest BCUT2D eigenvalue weighted by atomic mass is 10.0. The number of nitrogens with one attached hydrogen (secondary N) is 2. The van der Waals surface area contributed by atoms with Crippen molar-refractivity contribution in [1.82, 2.24) is 10.6 Å². The molecule has 5 heteroatoms. The Kier molecular flexibility index (Phi) is 7.01. The zero-order valence-electron chi connectivity index (χ0n) is 14.6. The predicted molar refractivity (Wildman–Crippen MR) is 97.3 cm³/mol. The lowest BCUT2D eigenvalue weighted by Gasteiger charge is -2.18. The van der Waals surface area contributed by atoms with Gasteiger partial charge in [0.15, 0.2) is 0 Å². The lowest BCUT2D eigenvalue weighted by Crippen LogP contribution is -2.39. The Morgan fingerprint density at radius 3 is 2.28 bits per heavy atom. The summed E-state index contributed by atoms with van der Waals surface area (Å²) in [4.78, 5) is 24.0. The van der Waals surface area contributed by atoms with Gasteiger partial charge in [0.2, 0.25) is 11.8 Å². The van der Waals surface area contributed by atoms with Crippen molar-refractivity contribution in [3.8, 4) is 5.75 Å². The molecule has 5 nitrogen and oxygen atoms in total. The number of rotatable bonds is 8. The van der Waals surface area contributed by atoms with E-state index >= 15 is 0 Å². The fraction of sp³-hybridized carbons (Fsp3) is 0.300. The van der Waals surface area contributed by atoms with Crippen molar-refractivity contribution in [2.45, 2.75) is 25.8 Å². The third-order valence-electron chi connectivity index (χ3n) is 3.92. The monoisotopic (exact) mass is 340 g/mol. The summed E-state index contributed by atoms with van der Waals surface area (Å²) in [7, 11) is 1.62. The van der Waals surface area contributed by atoms with Crippen LogP contribution in [0.5, 0.6) is 5.75 Å². The number of ether oxygens (including phenoxy) is 1. The van der Waals surface area contributed by atoms with Gasteiger partial charge in [-0.3, -0.25) is 9.59 Å². The van der Waals surface area contributed by atoms with Crippen LogP contribution in [0.15, 0.2) is 54.6 Å². The molecule has 0 aliphatic rings. The highest BCUT2D eigenvalue weighted by molar-refractivity contribution is 5.85. The largest absolute Gasteiger partial charge is 0.497 e. The summed E-state index contributed by atoms with van der Waals surface area (Å²) in [6, 6.07) is 16.9. The van der Waals surface area contributed by atoms with Gasteiger partial charge < -0.3 is 15.4 Å². The molecule has 0 saturated heterocycles. The maximum absolute atomic E-state index is 12.1. The van der Waals surface area contributed by atoms with Crippen LogP contribution in [0.3, 0.4) is 0 Å². The van der Waals surface area contributed by atoms with E-state index in [1.807, 2.05) is 61.5 Å². The molecule has 0 heterocycles. The molecule has 0 bridgehead atoms. The van der Waals surface area contributed by atoms with E-state index in [9.17, 15) is 9.59 Å². The predicted octanol–water partition coefficient (Wildman–Crippen LogP) is 2.62. The maximum Gasteiger partial charge on any atom is 0.239 e. The summed E-state index contributed by atoms with van der Waals surface area (Å²) in [5.41, 5.74) is 1.93. The van der Waals surface area contributed by atoms with E-state index in [1.165, 1.54) is 0 Å². The van der Waals surface area contributed by atoms with Crippen LogP contribution in [-0.2, 0) is 16.0 Å². The van der Waals surface area contributed by atoms with Crippen molar-refractivity contribution in [3.05, 3.63) is 65.7 Å². The van der Waals surface area contributed by atoms with Crippen LogP contribution >= 0.6 is 0 Å². The molecule has 0 aromatic heterocycles. The smallest absolute Gasteiger partial charge is 0.239 e. The van der Waals surface area contributed by atoms with E-state index in [4.69, 9.17) is 4.74 Å². The normalized spacial score (nSPS) is 11.4. The maximum atomic E-state index is 12.1. The van der Waals surface area contributed by atoms with Crippen LogP contribution in [0.2, 0.25) is 0 Å². The van der Waals surface area contributed by atoms with E-state index in [0.29, 0.717) is 0 Å². The summed E-state index contributed by atoms with van der Waals surface area (Å²) in [5, 5.41) is 5.60. The Balaban J connectivity index is 1.82. The van der Waals surface area contributed by atoms with Gasteiger partial charge in [-0.15, -0.1) is 0 Å². The zero-order valence-corrected chi connectivity index (χ0v) is 14.6. The first-order chi connectivity index (χ1) is 12.1. The Morgan fingerprint density at radius 1 is 1.00 bits per heavy atom. The van der Waals surface area contributed by atoms with Crippen molar-refractivity contribution >= 4 is 11.8 Å². The van der Waals surface area contributed by atoms with Gasteiger partial charge in [-0.1, -0.05) is 49.4 Å². The molecule has 2 rings (SSSR count). The molecule has 2 aromatic rings. The average Bonchev–Trinajstić information content (AvgIpc) is 2.65. The van der Waals surface area contributed by atoms with E-state index < -0.39 is 0 Å². The second-order valence-electron chi connectivity index (χ2n) is 5.74. The topological polar surface area (TPSA) is 67.4 Å². The Labute approximate surface area is 148 Å². The Bertz CT molecular complexity index is 684. The van der Waals surface area contributed by atoms with E-state index in [2.05, 4.69) is 10.6 Å². The number of hydrogen-bond donors (Lipinski definition) is 2. The summed E-state index contributed by atoms with van der Waals surface area (Å²) in [6.07, 6.45) is 1.03. The summed E-state index contributed by atoms with van der Waals surface area (Å²) < 4.78 is 5.14. The quantitative estimate of drug-likeness (QED) is 0.776. The van der Waals surface area contributed by atoms with Gasteiger partial charge >= 0.3 is 0 Å². The molecule has 1 atom stereocenters. The van der Waals surface area contributed by atoms with E-state index in [0.717, 1.165) is 23.3 Å². The third kappa shape index (κ3) is 5.95. The number of benzene rings is 2. The number of carbonyl (C=O) groups is 2. The van der Waals surface area contributed by atoms with Crippen LogP contribution in [0, 0.1) is 0 Å². The molecule has 0 aliphatic carbocycles. The molecule has 0 unspecified atom stereocenters. The highest BCUT2D eigenvalue weighted by atomic mass is 16.5. The summed E-state index contributed by atoms with van der Waals surface area (Å²) in [6.45, 7) is 1.97. The van der Waals surface area contributed by atoms with Crippen LogP contribution in [0.4, 0.5) is 0 Å². The number of methoxy groups -OCH3 is 1. The standard InChI is InChI=1S/C20H24N2O3/c1-3-18(16-9-11-17(25-2)12-10-16)22-20(24)14-21-19(23)13-15-7-5-4-6-8-15/h4-12,18H,3,13-14H2,1-2H3,(H,21,23)(H,22,24)/t18-/m1/s1. The first-order valence-electron chi connectivity index (χ1n) is 8.36. The minimum Gasteiger partial charge on any atom is -0.497 e. The fourth-order valence-corrected chi connectivity index (χ4v) is 2.53. The van der Waals surface area contributed by atoms with Crippen LogP contribution < -0.4 is 15.4 Å². The number of hydrogen-bond acceptors (Lipinski definition) is 3. The van der Waals surface area contributed by atoms with Crippen molar-refractivity contribution in [1.29, 1.82) is 0 Å². The minimum absolute atomic E-state index is 0.0294. The van der Waals surface area contributed by atoms with Crippen LogP contribution in [-0.4, -0.2) is 25.5 Å². The highest BCUT2D eigenvalue weighted by Crippen LogP contribution is 2.19. The van der Waals surface area contributed by atoms with Gasteiger partial charge in [0.05, 0.1) is 26.1 Å². The van der Waals surface area contributed by atoms with E-state index in [-0.39, 0.29) is 30.8 Å². The van der Waals surface area contributed by atoms with Crippen LogP contribution in [0.25, 0.3) is 0 Å². The number of carbonyl (C=O) groups excluding carboxylic acids is 2. The molecule has 132 valence electrons. The van der Waals surface area contributed by atoms with Gasteiger partial charge in [0, 0.05) is 0 Å². The molecule has 2 N–H and O–H groups in total. The molecular weight excluding hydrogens is 316 g/mol. The first kappa shape index (κ1) is 18.5. The highest BCUT2D eigenvalue weighted by Gasteiger charge is 2.13. The number of amides is 2. The van der Waals surface area contributed by atoms with Gasteiger partial charge in [-0.25, -0.2) is 0 Å². The minimum atomic E-state index is -0.205. The molecule has 0 aliphatic heterocycles. The molecule has 2 amide bonds. The van der Waals surface area contributed by atoms with Crippen LogP contribution in [0.1, 0.15) is 30.5 Å². The second kappa shape index (κ2) is 9.47. The fourth-order valence-electron chi connectivity index (χ4n) is 2.53. The third-order valence-corrected chi connectivity index (χ3v) is 3.92. The molecule has 0 spiro atoms. The van der Waals surface area contributed by atoms with Crippen molar-refractivity contribution in [2.24, 2.45) is 0 Å². The summed E-state index contributed by atoms with van der Waals surface area (Å²) >= 11 is 0. The average molecular weight is 340 g/mol. The van der Waals surface area contributed by atoms with Crippen molar-refractivity contribution in [2.75, 3.05) is 13.7 Å². The van der Waals surface area contributed by atoms with Gasteiger partial charge in [-0.05, 0) is 29.7 Å². The molecule has 2 aromatic carbocycles. The molecule has 0 fully saturated rings. The Morgan fingerprint density at radius 2 is 1.68 bits per heavy atom. The first-order valence-corrected chi connectivity index (χ1v) is 8.36. The van der Waals surface area contributed by atoms with Gasteiger partial charge in [0.1, 0.15) is 5.75 Å². The molecule has 25 heavy (non-hydrogen) atoms. The zero-order chi connectivity index (χ0) is 18.1.